The van der Waals surface area contributed by atoms with Crippen molar-refractivity contribution in [3.05, 3.63) is 12.2 Å². The van der Waals surface area contributed by atoms with Crippen LogP contribution in [0.1, 0.15) is 58.3 Å². The first kappa shape index (κ1) is 13.3. The molecule has 1 fully saturated rings. The monoisotopic (exact) mass is 223 g/mol. The lowest BCUT2D eigenvalue weighted by atomic mass is 9.86. The van der Waals surface area contributed by atoms with E-state index in [1.807, 2.05) is 13.0 Å². The van der Waals surface area contributed by atoms with Crippen molar-refractivity contribution in [3.8, 4) is 0 Å². The number of hydrogen-bond donors (Lipinski definition) is 1. The van der Waals surface area contributed by atoms with Gasteiger partial charge in [0, 0.05) is 6.54 Å². The highest BCUT2D eigenvalue weighted by Gasteiger charge is 2.11. The Morgan fingerprint density at radius 2 is 2.06 bits per heavy atom. The van der Waals surface area contributed by atoms with Gasteiger partial charge in [0.25, 0.3) is 0 Å². The molecule has 2 nitrogen and oxygen atoms in total. The molecule has 1 amide bonds. The molecule has 0 unspecified atom stereocenters. The van der Waals surface area contributed by atoms with Crippen molar-refractivity contribution in [1.82, 2.24) is 5.32 Å². The predicted octanol–water partition coefficient (Wildman–Crippen LogP) is 3.43. The van der Waals surface area contributed by atoms with Gasteiger partial charge in [0.05, 0.1) is 0 Å². The second-order valence-corrected chi connectivity index (χ2v) is 4.73. The van der Waals surface area contributed by atoms with Gasteiger partial charge < -0.3 is 5.32 Å². The molecule has 2 heteroatoms. The maximum Gasteiger partial charge on any atom is 0.243 e. The number of amides is 1. The summed E-state index contributed by atoms with van der Waals surface area (Å²) in [5, 5.41) is 2.76. The van der Waals surface area contributed by atoms with E-state index in [0.717, 1.165) is 12.3 Å². The lowest BCUT2D eigenvalue weighted by Gasteiger charge is -2.20. The summed E-state index contributed by atoms with van der Waals surface area (Å²) in [5.41, 5.74) is 0. The van der Waals surface area contributed by atoms with Gasteiger partial charge in [-0.1, -0.05) is 44.6 Å². The van der Waals surface area contributed by atoms with Gasteiger partial charge in [-0.25, -0.2) is 0 Å². The van der Waals surface area contributed by atoms with Crippen LogP contribution >= 0.6 is 0 Å². The first-order valence-corrected chi connectivity index (χ1v) is 6.77. The van der Waals surface area contributed by atoms with Crippen LogP contribution in [0.4, 0.5) is 0 Å². The summed E-state index contributed by atoms with van der Waals surface area (Å²) in [7, 11) is 0. The molecule has 1 N–H and O–H groups in total. The van der Waals surface area contributed by atoms with Gasteiger partial charge in [-0.2, -0.15) is 0 Å². The number of likely N-dealkylation sites (N-methyl/N-ethyl adjacent to an activating group) is 1. The number of hydrogen-bond acceptors (Lipinski definition) is 1. The zero-order chi connectivity index (χ0) is 11.6. The second-order valence-electron chi connectivity index (χ2n) is 4.73. The fourth-order valence-corrected chi connectivity index (χ4v) is 2.42. The van der Waals surface area contributed by atoms with Gasteiger partial charge in [-0.15, -0.1) is 0 Å². The average molecular weight is 223 g/mol. The van der Waals surface area contributed by atoms with Crippen molar-refractivity contribution in [2.24, 2.45) is 5.92 Å². The summed E-state index contributed by atoms with van der Waals surface area (Å²) in [6, 6.07) is 0. The highest BCUT2D eigenvalue weighted by Crippen LogP contribution is 2.27. The van der Waals surface area contributed by atoms with Crippen molar-refractivity contribution >= 4 is 5.91 Å². The van der Waals surface area contributed by atoms with Gasteiger partial charge >= 0.3 is 0 Å². The number of carbonyl (C=O) groups is 1. The van der Waals surface area contributed by atoms with Crippen LogP contribution in [0.2, 0.25) is 0 Å². The van der Waals surface area contributed by atoms with E-state index in [0.29, 0.717) is 6.54 Å². The van der Waals surface area contributed by atoms with Gasteiger partial charge in [0.2, 0.25) is 5.91 Å². The summed E-state index contributed by atoms with van der Waals surface area (Å²) < 4.78 is 0. The molecule has 0 aromatic rings. The number of nitrogens with one attached hydrogen (secondary N) is 1. The fourth-order valence-electron chi connectivity index (χ4n) is 2.42. The van der Waals surface area contributed by atoms with Crippen molar-refractivity contribution < 1.29 is 4.79 Å². The molecule has 0 bridgehead atoms. The lowest BCUT2D eigenvalue weighted by Crippen LogP contribution is -2.19. The van der Waals surface area contributed by atoms with E-state index >= 15 is 0 Å². The third-order valence-corrected chi connectivity index (χ3v) is 3.33. The van der Waals surface area contributed by atoms with Crippen LogP contribution in [0.3, 0.4) is 0 Å². The summed E-state index contributed by atoms with van der Waals surface area (Å²) in [4.78, 5) is 11.1. The molecule has 1 saturated carbocycles. The number of unbranched alkanes of at least 4 members (excludes halogenated alkanes) is 1. The molecule has 0 atom stereocenters. The summed E-state index contributed by atoms with van der Waals surface area (Å²) >= 11 is 0. The Balaban J connectivity index is 2.00. The molecule has 1 rings (SSSR count). The van der Waals surface area contributed by atoms with Crippen molar-refractivity contribution in [3.63, 3.8) is 0 Å². The summed E-state index contributed by atoms with van der Waals surface area (Å²) in [5.74, 6) is 1.01. The fraction of sp³-hybridized carbons (Fsp3) is 0.786. The van der Waals surface area contributed by atoms with Crippen LogP contribution in [0.15, 0.2) is 12.2 Å². The van der Waals surface area contributed by atoms with Crippen LogP contribution in [0.25, 0.3) is 0 Å². The largest absolute Gasteiger partial charge is 0.353 e. The van der Waals surface area contributed by atoms with E-state index in [1.165, 1.54) is 44.9 Å². The van der Waals surface area contributed by atoms with Crippen LogP contribution in [-0.2, 0) is 4.79 Å². The molecule has 1 aliphatic rings. The van der Waals surface area contributed by atoms with Gasteiger partial charge in [0.1, 0.15) is 0 Å². The highest BCUT2D eigenvalue weighted by atomic mass is 16.1. The topological polar surface area (TPSA) is 29.1 Å². The Labute approximate surface area is 99.5 Å². The molecule has 0 aliphatic heterocycles. The van der Waals surface area contributed by atoms with E-state index in [4.69, 9.17) is 0 Å². The maximum atomic E-state index is 11.1. The first-order chi connectivity index (χ1) is 7.83. The van der Waals surface area contributed by atoms with Gasteiger partial charge in [0.15, 0.2) is 0 Å². The van der Waals surface area contributed by atoms with Crippen LogP contribution in [0, 0.1) is 5.92 Å². The first-order valence-electron chi connectivity index (χ1n) is 6.77. The van der Waals surface area contributed by atoms with Crippen molar-refractivity contribution in [2.75, 3.05) is 6.54 Å². The molecule has 16 heavy (non-hydrogen) atoms. The average Bonchev–Trinajstić information content (AvgIpc) is 2.30. The minimum Gasteiger partial charge on any atom is -0.353 e. The molecule has 1 aliphatic carbocycles. The zero-order valence-electron chi connectivity index (χ0n) is 10.5. The second kappa shape index (κ2) is 8.37. The summed E-state index contributed by atoms with van der Waals surface area (Å²) in [6.07, 6.45) is 14.5. The molecule has 0 aromatic heterocycles. The quantitative estimate of drug-likeness (QED) is 0.542. The molecule has 0 aromatic carbocycles. The Hall–Kier alpha value is -0.790. The van der Waals surface area contributed by atoms with Gasteiger partial charge in [-0.3, -0.25) is 4.79 Å². The van der Waals surface area contributed by atoms with Gasteiger partial charge in [-0.05, 0) is 31.8 Å². The molecular formula is C14H25NO. The highest BCUT2D eigenvalue weighted by molar-refractivity contribution is 5.87. The normalized spacial score (nSPS) is 17.8. The van der Waals surface area contributed by atoms with E-state index in [9.17, 15) is 4.79 Å². The molecule has 92 valence electrons. The van der Waals surface area contributed by atoms with Crippen LogP contribution < -0.4 is 5.32 Å². The Bertz CT molecular complexity index is 217. The van der Waals surface area contributed by atoms with E-state index in [1.54, 1.807) is 6.08 Å². The molecule has 0 saturated heterocycles. The standard InChI is InChI=1S/C14H25NO/c1-2-15-14(16)12-8-4-7-11-13-9-5-3-6-10-13/h8,12-13H,2-7,9-11H2,1H3,(H,15,16)/b12-8+. The molecule has 0 spiro atoms. The SMILES string of the molecule is CCNC(=O)/C=C/CCCC1CCCCC1. The molecule has 0 heterocycles. The molecular weight excluding hydrogens is 198 g/mol. The van der Waals surface area contributed by atoms with Crippen molar-refractivity contribution in [2.45, 2.75) is 58.3 Å². The summed E-state index contributed by atoms with van der Waals surface area (Å²) in [6.45, 7) is 2.65. The Morgan fingerprint density at radius 1 is 1.31 bits per heavy atom. The van der Waals surface area contributed by atoms with E-state index in [-0.39, 0.29) is 5.91 Å². The minimum absolute atomic E-state index is 0.0418. The number of rotatable bonds is 6. The number of allylic oxidation sites excluding steroid dienone is 1. The van der Waals surface area contributed by atoms with Crippen LogP contribution in [0.5, 0.6) is 0 Å². The minimum atomic E-state index is 0.0418. The third kappa shape index (κ3) is 5.94. The number of carbonyl (C=O) groups excluding carboxylic acids is 1. The van der Waals surface area contributed by atoms with E-state index in [2.05, 4.69) is 5.32 Å². The molecule has 0 radical (unpaired) electrons. The van der Waals surface area contributed by atoms with Crippen molar-refractivity contribution in [1.29, 1.82) is 0 Å². The predicted molar refractivity (Wildman–Crippen MR) is 68.2 cm³/mol. The lowest BCUT2D eigenvalue weighted by molar-refractivity contribution is -0.116. The van der Waals surface area contributed by atoms with Crippen LogP contribution in [-0.4, -0.2) is 12.5 Å². The third-order valence-electron chi connectivity index (χ3n) is 3.33. The smallest absolute Gasteiger partial charge is 0.243 e. The maximum absolute atomic E-state index is 11.1. The zero-order valence-corrected chi connectivity index (χ0v) is 10.5. The Morgan fingerprint density at radius 3 is 2.75 bits per heavy atom. The van der Waals surface area contributed by atoms with E-state index < -0.39 is 0 Å². The Kier molecular flexibility index (Phi) is 6.95.